The summed E-state index contributed by atoms with van der Waals surface area (Å²) in [6.07, 6.45) is 0. The molecule has 0 atom stereocenters. The van der Waals surface area contributed by atoms with Crippen molar-refractivity contribution in [1.82, 2.24) is 5.32 Å². The van der Waals surface area contributed by atoms with Gasteiger partial charge in [-0.2, -0.15) is 0 Å². The number of nitrogens with one attached hydrogen (secondary N) is 1. The Kier molecular flexibility index (Phi) is 4.23. The lowest BCUT2D eigenvalue weighted by molar-refractivity contribution is 0.330. The third-order valence-corrected chi connectivity index (χ3v) is 2.76. The Labute approximate surface area is 97.3 Å². The molecule has 0 aliphatic heterocycles. The van der Waals surface area contributed by atoms with Crippen molar-refractivity contribution in [3.05, 3.63) is 16.1 Å². The van der Waals surface area contributed by atoms with Gasteiger partial charge in [-0.05, 0) is 13.1 Å². The van der Waals surface area contributed by atoms with Crippen molar-refractivity contribution in [2.75, 3.05) is 21.3 Å². The van der Waals surface area contributed by atoms with Crippen LogP contribution in [0.25, 0.3) is 0 Å². The molecule has 1 aromatic rings. The maximum Gasteiger partial charge on any atom is 0.203 e. The molecule has 0 fully saturated rings. The van der Waals surface area contributed by atoms with Gasteiger partial charge in [-0.15, -0.1) is 0 Å². The highest BCUT2D eigenvalue weighted by atomic mass is 79.9. The topological polar surface area (TPSA) is 50.7 Å². The van der Waals surface area contributed by atoms with Gasteiger partial charge in [-0.1, -0.05) is 15.9 Å². The molecule has 0 radical (unpaired) electrons. The summed E-state index contributed by atoms with van der Waals surface area (Å²) in [5.74, 6) is 0.950. The number of methoxy groups -OCH3 is 2. The van der Waals surface area contributed by atoms with Crippen LogP contribution in [-0.4, -0.2) is 26.4 Å². The lowest BCUT2D eigenvalue weighted by atomic mass is 10.1. The second-order valence-electron chi connectivity index (χ2n) is 2.95. The molecule has 4 nitrogen and oxygen atoms in total. The molecule has 5 heteroatoms. The first-order chi connectivity index (χ1) is 7.15. The molecule has 0 spiro atoms. The monoisotopic (exact) mass is 275 g/mol. The standard InChI is InChI=1S/C10H14BrNO3/c1-12-5-6-7(11)4-8(14-2)10(15-3)9(6)13/h4,12-13H,5H2,1-3H3. The van der Waals surface area contributed by atoms with Crippen LogP contribution in [0, 0.1) is 0 Å². The first kappa shape index (κ1) is 12.1. The lowest BCUT2D eigenvalue weighted by Gasteiger charge is -2.14. The van der Waals surface area contributed by atoms with Gasteiger partial charge >= 0.3 is 0 Å². The minimum atomic E-state index is 0.0954. The highest BCUT2D eigenvalue weighted by molar-refractivity contribution is 9.10. The summed E-state index contributed by atoms with van der Waals surface area (Å²) in [4.78, 5) is 0. The zero-order chi connectivity index (χ0) is 11.4. The summed E-state index contributed by atoms with van der Waals surface area (Å²) >= 11 is 3.37. The first-order valence-electron chi connectivity index (χ1n) is 4.42. The SMILES string of the molecule is CNCc1c(Br)cc(OC)c(OC)c1O. The maximum atomic E-state index is 9.94. The quantitative estimate of drug-likeness (QED) is 0.881. The van der Waals surface area contributed by atoms with Gasteiger partial charge in [0.2, 0.25) is 5.75 Å². The molecule has 0 aromatic heterocycles. The number of aromatic hydroxyl groups is 1. The van der Waals surface area contributed by atoms with Gasteiger partial charge in [0.25, 0.3) is 0 Å². The zero-order valence-electron chi connectivity index (χ0n) is 8.93. The van der Waals surface area contributed by atoms with E-state index in [1.54, 1.807) is 6.07 Å². The van der Waals surface area contributed by atoms with Crippen molar-refractivity contribution < 1.29 is 14.6 Å². The second-order valence-corrected chi connectivity index (χ2v) is 3.81. The Morgan fingerprint density at radius 2 is 2.07 bits per heavy atom. The van der Waals surface area contributed by atoms with Crippen molar-refractivity contribution >= 4 is 15.9 Å². The molecule has 0 heterocycles. The van der Waals surface area contributed by atoms with Gasteiger partial charge < -0.3 is 19.9 Å². The van der Waals surface area contributed by atoms with Gasteiger partial charge in [0.1, 0.15) is 0 Å². The molecule has 0 unspecified atom stereocenters. The number of ether oxygens (including phenoxy) is 2. The van der Waals surface area contributed by atoms with Crippen LogP contribution in [0.4, 0.5) is 0 Å². The van der Waals surface area contributed by atoms with Crippen LogP contribution in [0.2, 0.25) is 0 Å². The number of phenolic OH excluding ortho intramolecular Hbond substituents is 1. The fourth-order valence-corrected chi connectivity index (χ4v) is 1.86. The van der Waals surface area contributed by atoms with Crippen LogP contribution < -0.4 is 14.8 Å². The number of phenols is 1. The van der Waals surface area contributed by atoms with Crippen LogP contribution in [0.3, 0.4) is 0 Å². The molecule has 2 N–H and O–H groups in total. The number of hydrogen-bond donors (Lipinski definition) is 2. The minimum Gasteiger partial charge on any atom is -0.504 e. The lowest BCUT2D eigenvalue weighted by Crippen LogP contribution is -2.07. The second kappa shape index (κ2) is 5.23. The number of rotatable bonds is 4. The zero-order valence-corrected chi connectivity index (χ0v) is 10.5. The molecule has 15 heavy (non-hydrogen) atoms. The Morgan fingerprint density at radius 3 is 2.53 bits per heavy atom. The van der Waals surface area contributed by atoms with E-state index in [-0.39, 0.29) is 5.75 Å². The normalized spacial score (nSPS) is 10.1. The average molecular weight is 276 g/mol. The Hall–Kier alpha value is -0.940. The maximum absolute atomic E-state index is 9.94. The molecule has 1 aromatic carbocycles. The van der Waals surface area contributed by atoms with Crippen LogP contribution in [-0.2, 0) is 6.54 Å². The summed E-state index contributed by atoms with van der Waals surface area (Å²) < 4.78 is 11.0. The predicted molar refractivity (Wildman–Crippen MR) is 61.7 cm³/mol. The van der Waals surface area contributed by atoms with Crippen LogP contribution in [0.1, 0.15) is 5.56 Å². The molecule has 0 aliphatic rings. The average Bonchev–Trinajstić information content (AvgIpc) is 2.23. The smallest absolute Gasteiger partial charge is 0.203 e. The predicted octanol–water partition coefficient (Wildman–Crippen LogP) is 1.89. The summed E-state index contributed by atoms with van der Waals surface area (Å²) in [5.41, 5.74) is 0.746. The molecular formula is C10H14BrNO3. The van der Waals surface area contributed by atoms with Crippen molar-refractivity contribution in [1.29, 1.82) is 0 Å². The third kappa shape index (κ3) is 2.35. The van der Waals surface area contributed by atoms with E-state index in [9.17, 15) is 5.11 Å². The molecule has 0 saturated heterocycles. The molecule has 0 saturated carbocycles. The van der Waals surface area contributed by atoms with E-state index >= 15 is 0 Å². The summed E-state index contributed by atoms with van der Waals surface area (Å²) in [6.45, 7) is 0.548. The van der Waals surface area contributed by atoms with Crippen molar-refractivity contribution in [3.63, 3.8) is 0 Å². The molecule has 84 valence electrons. The van der Waals surface area contributed by atoms with E-state index in [0.717, 1.165) is 10.0 Å². The van der Waals surface area contributed by atoms with Gasteiger partial charge in [0.15, 0.2) is 11.5 Å². The van der Waals surface area contributed by atoms with E-state index < -0.39 is 0 Å². The van der Waals surface area contributed by atoms with Crippen molar-refractivity contribution in [3.8, 4) is 17.2 Å². The summed E-state index contributed by atoms with van der Waals surface area (Å²) in [7, 11) is 4.83. The van der Waals surface area contributed by atoms with E-state index in [2.05, 4.69) is 21.2 Å². The van der Waals surface area contributed by atoms with Crippen LogP contribution >= 0.6 is 15.9 Å². The fraction of sp³-hybridized carbons (Fsp3) is 0.400. The third-order valence-electron chi connectivity index (χ3n) is 2.05. The largest absolute Gasteiger partial charge is 0.504 e. The van der Waals surface area contributed by atoms with E-state index in [4.69, 9.17) is 9.47 Å². The molecule has 0 aliphatic carbocycles. The molecule has 0 amide bonds. The Balaban J connectivity index is 3.31. The summed E-state index contributed by atoms with van der Waals surface area (Å²) in [5, 5.41) is 12.9. The Morgan fingerprint density at radius 1 is 1.40 bits per heavy atom. The van der Waals surface area contributed by atoms with Gasteiger partial charge in [-0.3, -0.25) is 0 Å². The van der Waals surface area contributed by atoms with Gasteiger partial charge in [-0.25, -0.2) is 0 Å². The summed E-state index contributed by atoms with van der Waals surface area (Å²) in [6, 6.07) is 1.77. The number of benzene rings is 1. The van der Waals surface area contributed by atoms with Crippen molar-refractivity contribution in [2.24, 2.45) is 0 Å². The highest BCUT2D eigenvalue weighted by Gasteiger charge is 2.17. The van der Waals surface area contributed by atoms with Gasteiger partial charge in [0.05, 0.1) is 14.2 Å². The first-order valence-corrected chi connectivity index (χ1v) is 5.21. The molecule has 1 rings (SSSR count). The number of hydrogen-bond acceptors (Lipinski definition) is 4. The van der Waals surface area contributed by atoms with Crippen molar-refractivity contribution in [2.45, 2.75) is 6.54 Å². The molecular weight excluding hydrogens is 262 g/mol. The minimum absolute atomic E-state index is 0.0954. The molecule has 0 bridgehead atoms. The Bertz CT molecular complexity index is 355. The van der Waals surface area contributed by atoms with Crippen LogP contribution in [0.15, 0.2) is 10.5 Å². The van der Waals surface area contributed by atoms with E-state index in [1.807, 2.05) is 7.05 Å². The van der Waals surface area contributed by atoms with Gasteiger partial charge in [0, 0.05) is 16.6 Å². The fourth-order valence-electron chi connectivity index (χ4n) is 1.33. The van der Waals surface area contributed by atoms with E-state index in [1.165, 1.54) is 14.2 Å². The van der Waals surface area contributed by atoms with E-state index in [0.29, 0.717) is 18.0 Å². The number of halogens is 1. The van der Waals surface area contributed by atoms with Crippen LogP contribution in [0.5, 0.6) is 17.2 Å². The highest BCUT2D eigenvalue weighted by Crippen LogP contribution is 2.42.